The van der Waals surface area contributed by atoms with Crippen LogP contribution in [0, 0.1) is 6.92 Å². The molecule has 10 heteroatoms. The van der Waals surface area contributed by atoms with E-state index in [1.807, 2.05) is 50.2 Å². The van der Waals surface area contributed by atoms with Gasteiger partial charge in [0.15, 0.2) is 0 Å². The molecule has 0 amide bonds. The lowest BCUT2D eigenvalue weighted by Gasteiger charge is -2.19. The van der Waals surface area contributed by atoms with E-state index in [9.17, 15) is 4.79 Å². The van der Waals surface area contributed by atoms with Gasteiger partial charge in [-0.15, -0.1) is 5.10 Å². The number of hydrogen-bond acceptors (Lipinski definition) is 8. The predicted molar refractivity (Wildman–Crippen MR) is 123 cm³/mol. The molecule has 0 saturated heterocycles. The van der Waals surface area contributed by atoms with Crippen LogP contribution in [0.15, 0.2) is 51.4 Å². The van der Waals surface area contributed by atoms with Crippen LogP contribution in [0.4, 0.5) is 0 Å². The Balaban J connectivity index is 1.59. The largest absolute Gasteiger partial charge is 0.497 e. The van der Waals surface area contributed by atoms with Crippen LogP contribution in [-0.4, -0.2) is 45.1 Å². The topological polar surface area (TPSA) is 105 Å². The number of hydrogen-bond donors (Lipinski definition) is 0. The number of benzene rings is 2. The number of rotatable bonds is 6. The number of fused-ring (bicyclic) bond motifs is 1. The Bertz CT molecular complexity index is 1270. The zero-order valence-corrected chi connectivity index (χ0v) is 19.1. The SMILES string of the molecule is CC/C(=N/N=C1CCOc2ccc(OC)cc21)OCc1c(C)cccc1-n1nnn(C)c1=O. The van der Waals surface area contributed by atoms with E-state index < -0.39 is 0 Å². The monoisotopic (exact) mass is 450 g/mol. The van der Waals surface area contributed by atoms with Gasteiger partial charge in [-0.1, -0.05) is 19.1 Å². The van der Waals surface area contributed by atoms with Crippen molar-refractivity contribution in [3.63, 3.8) is 0 Å². The van der Waals surface area contributed by atoms with Crippen molar-refractivity contribution in [3.05, 3.63) is 63.6 Å². The van der Waals surface area contributed by atoms with Crippen LogP contribution in [0.3, 0.4) is 0 Å². The van der Waals surface area contributed by atoms with Crippen LogP contribution >= 0.6 is 0 Å². The Morgan fingerprint density at radius 1 is 1.24 bits per heavy atom. The van der Waals surface area contributed by atoms with E-state index in [4.69, 9.17) is 14.2 Å². The minimum atomic E-state index is -0.328. The number of methoxy groups -OCH3 is 1. The van der Waals surface area contributed by atoms with Gasteiger partial charge in [-0.05, 0) is 47.2 Å². The number of aryl methyl sites for hydroxylation is 2. The molecule has 2 aromatic carbocycles. The molecule has 0 unspecified atom stereocenters. The van der Waals surface area contributed by atoms with Crippen LogP contribution in [0.1, 0.15) is 36.5 Å². The maximum absolute atomic E-state index is 12.4. The van der Waals surface area contributed by atoms with Crippen LogP contribution < -0.4 is 15.2 Å². The fourth-order valence-electron chi connectivity index (χ4n) is 3.49. The van der Waals surface area contributed by atoms with Crippen molar-refractivity contribution < 1.29 is 14.2 Å². The standard InChI is InChI=1S/C23H26N6O4/c1-5-22(25-24-19-11-12-32-21-10-9-16(31-4)13-17(19)21)33-14-18-15(2)7-6-8-20(18)29-23(30)28(3)26-27-29/h6-10,13H,5,11-12,14H2,1-4H3/b24-19?,25-22-. The molecular formula is C23H26N6O4. The van der Waals surface area contributed by atoms with Crippen LogP contribution in [-0.2, 0) is 18.4 Å². The molecule has 0 N–H and O–H groups in total. The highest BCUT2D eigenvalue weighted by atomic mass is 16.5. The first kappa shape index (κ1) is 22.3. The Kier molecular flexibility index (Phi) is 6.53. The molecule has 0 spiro atoms. The van der Waals surface area contributed by atoms with E-state index in [0.29, 0.717) is 31.0 Å². The van der Waals surface area contributed by atoms with Crippen molar-refractivity contribution in [1.29, 1.82) is 0 Å². The lowest BCUT2D eigenvalue weighted by molar-refractivity contribution is 0.282. The summed E-state index contributed by atoms with van der Waals surface area (Å²) in [6.07, 6.45) is 1.20. The molecule has 0 saturated carbocycles. The van der Waals surface area contributed by atoms with Crippen molar-refractivity contribution in [3.8, 4) is 17.2 Å². The summed E-state index contributed by atoms with van der Waals surface area (Å²) in [7, 11) is 3.18. The minimum Gasteiger partial charge on any atom is -0.497 e. The van der Waals surface area contributed by atoms with Gasteiger partial charge in [-0.3, -0.25) is 0 Å². The molecule has 1 aliphatic heterocycles. The van der Waals surface area contributed by atoms with E-state index >= 15 is 0 Å². The van der Waals surface area contributed by atoms with E-state index in [0.717, 1.165) is 33.9 Å². The van der Waals surface area contributed by atoms with Crippen molar-refractivity contribution in [1.82, 2.24) is 19.8 Å². The molecule has 0 atom stereocenters. The molecule has 0 radical (unpaired) electrons. The molecule has 0 bridgehead atoms. The molecule has 4 rings (SSSR count). The third-order valence-electron chi connectivity index (χ3n) is 5.40. The van der Waals surface area contributed by atoms with Gasteiger partial charge < -0.3 is 14.2 Å². The smallest absolute Gasteiger partial charge is 0.368 e. The molecule has 172 valence electrons. The van der Waals surface area contributed by atoms with Crippen molar-refractivity contribution in [2.24, 2.45) is 17.3 Å². The molecule has 2 heterocycles. The van der Waals surface area contributed by atoms with Gasteiger partial charge in [0.2, 0.25) is 5.90 Å². The maximum Gasteiger partial charge on any atom is 0.368 e. The summed E-state index contributed by atoms with van der Waals surface area (Å²) in [4.78, 5) is 12.4. The molecule has 33 heavy (non-hydrogen) atoms. The second-order valence-corrected chi connectivity index (χ2v) is 7.51. The lowest BCUT2D eigenvalue weighted by Crippen LogP contribution is -2.23. The summed E-state index contributed by atoms with van der Waals surface area (Å²) < 4.78 is 19.5. The number of aromatic nitrogens is 4. The predicted octanol–water partition coefficient (Wildman–Crippen LogP) is 2.79. The van der Waals surface area contributed by atoms with Gasteiger partial charge in [0.05, 0.1) is 25.1 Å². The van der Waals surface area contributed by atoms with E-state index in [1.54, 1.807) is 14.2 Å². The third kappa shape index (κ3) is 4.64. The highest BCUT2D eigenvalue weighted by Gasteiger charge is 2.18. The number of nitrogens with zero attached hydrogens (tertiary/aromatic N) is 6. The first-order valence-corrected chi connectivity index (χ1v) is 10.7. The maximum atomic E-state index is 12.4. The highest BCUT2D eigenvalue weighted by Crippen LogP contribution is 2.29. The third-order valence-corrected chi connectivity index (χ3v) is 5.40. The lowest BCUT2D eigenvalue weighted by atomic mass is 10.0. The second kappa shape index (κ2) is 9.68. The molecule has 1 aliphatic rings. The fraction of sp³-hybridized carbons (Fsp3) is 0.348. The van der Waals surface area contributed by atoms with Gasteiger partial charge in [-0.25, -0.2) is 4.79 Å². The van der Waals surface area contributed by atoms with Gasteiger partial charge in [-0.2, -0.15) is 14.5 Å². The van der Waals surface area contributed by atoms with Crippen molar-refractivity contribution in [2.75, 3.05) is 13.7 Å². The van der Waals surface area contributed by atoms with E-state index in [1.165, 1.54) is 9.36 Å². The number of ether oxygens (including phenoxy) is 3. The molecular weight excluding hydrogens is 424 g/mol. The average Bonchev–Trinajstić information content (AvgIpc) is 3.17. The summed E-state index contributed by atoms with van der Waals surface area (Å²) in [6.45, 7) is 4.66. The summed E-state index contributed by atoms with van der Waals surface area (Å²) in [5.74, 6) is 1.97. The van der Waals surface area contributed by atoms with Crippen molar-refractivity contribution >= 4 is 11.6 Å². The fourth-order valence-corrected chi connectivity index (χ4v) is 3.49. The number of tetrazole rings is 1. The average molecular weight is 450 g/mol. The normalized spacial score (nSPS) is 14.7. The Labute approximate surface area is 191 Å². The Morgan fingerprint density at radius 3 is 2.82 bits per heavy atom. The van der Waals surface area contributed by atoms with Gasteiger partial charge in [0.25, 0.3) is 0 Å². The zero-order chi connectivity index (χ0) is 23.4. The van der Waals surface area contributed by atoms with Gasteiger partial charge >= 0.3 is 5.69 Å². The van der Waals surface area contributed by atoms with Crippen molar-refractivity contribution in [2.45, 2.75) is 33.3 Å². The molecule has 1 aromatic heterocycles. The Hall–Kier alpha value is -3.95. The first-order valence-electron chi connectivity index (χ1n) is 10.7. The molecule has 3 aromatic rings. The summed E-state index contributed by atoms with van der Waals surface area (Å²) in [5, 5.41) is 16.6. The highest BCUT2D eigenvalue weighted by molar-refractivity contribution is 6.04. The first-order chi connectivity index (χ1) is 16.0. The van der Waals surface area contributed by atoms with E-state index in [-0.39, 0.29) is 12.3 Å². The Morgan fingerprint density at radius 2 is 2.09 bits per heavy atom. The van der Waals surface area contributed by atoms with Crippen LogP contribution in [0.5, 0.6) is 11.5 Å². The van der Waals surface area contributed by atoms with Gasteiger partial charge in [0, 0.05) is 31.0 Å². The second-order valence-electron chi connectivity index (χ2n) is 7.51. The molecule has 0 aliphatic carbocycles. The summed E-state index contributed by atoms with van der Waals surface area (Å²) in [5.41, 5.74) is 3.77. The van der Waals surface area contributed by atoms with Gasteiger partial charge in [0.1, 0.15) is 18.1 Å². The summed E-state index contributed by atoms with van der Waals surface area (Å²) >= 11 is 0. The zero-order valence-electron chi connectivity index (χ0n) is 19.1. The summed E-state index contributed by atoms with van der Waals surface area (Å²) in [6, 6.07) is 11.3. The molecule has 10 nitrogen and oxygen atoms in total. The van der Waals surface area contributed by atoms with Crippen LogP contribution in [0.2, 0.25) is 0 Å². The quantitative estimate of drug-likeness (QED) is 0.325. The van der Waals surface area contributed by atoms with E-state index in [2.05, 4.69) is 20.6 Å². The van der Waals surface area contributed by atoms with Crippen LogP contribution in [0.25, 0.3) is 5.69 Å². The molecule has 0 fully saturated rings. The minimum absolute atomic E-state index is 0.218.